The van der Waals surface area contributed by atoms with Crippen LogP contribution in [0, 0.1) is 53.3 Å². The summed E-state index contributed by atoms with van der Waals surface area (Å²) in [5.41, 5.74) is 6.91. The molecule has 1 heterocycles. The fraction of sp³-hybridized carbons (Fsp3) is 0.588. The van der Waals surface area contributed by atoms with E-state index in [-0.39, 0.29) is 16.6 Å². The number of rotatable bonds is 9. The van der Waals surface area contributed by atoms with Gasteiger partial charge in [-0.2, -0.15) is 0 Å². The molecule has 1 saturated heterocycles. The standard InChI is InChI=1S/C51H60B3N3O3/c1-7-46(8-2-34(1)31-55-49-22-37-13-38(23-49)15-39(14-37)24-49)52-58-53(47-9-3-35(4-10-47)32-56-50-25-40-16-41(26-50)18-42(17-40)27-50)60-54(59-52)48-11-5-36(6-12-48)33-57-51-28-43-19-44(29-51)21-45(20-43)30-51/h1-12,31-33,37-45H,13-30H2. The van der Waals surface area contributed by atoms with Gasteiger partial charge in [-0.1, -0.05) is 72.8 Å². The van der Waals surface area contributed by atoms with Crippen molar-refractivity contribution in [2.45, 2.75) is 132 Å². The lowest BCUT2D eigenvalue weighted by Crippen LogP contribution is -2.61. The van der Waals surface area contributed by atoms with Gasteiger partial charge in [-0.05, 0) is 202 Å². The molecule has 13 aliphatic rings. The molecular weight excluding hydrogens is 735 g/mol. The molecule has 0 atom stereocenters. The molecule has 12 saturated carbocycles. The molecule has 9 heteroatoms. The molecule has 0 radical (unpaired) electrons. The highest BCUT2D eigenvalue weighted by Gasteiger charge is 2.53. The maximum absolute atomic E-state index is 6.69. The van der Waals surface area contributed by atoms with Gasteiger partial charge >= 0.3 is 21.4 Å². The summed E-state index contributed by atoms with van der Waals surface area (Å²) in [6.07, 6.45) is 31.0. The molecule has 306 valence electrons. The van der Waals surface area contributed by atoms with Crippen molar-refractivity contribution in [3.63, 3.8) is 0 Å². The van der Waals surface area contributed by atoms with Gasteiger partial charge < -0.3 is 13.7 Å². The number of benzene rings is 3. The van der Waals surface area contributed by atoms with E-state index in [1.165, 1.54) is 116 Å². The normalized spacial score (nSPS) is 41.0. The van der Waals surface area contributed by atoms with Crippen LogP contribution in [0.2, 0.25) is 0 Å². The monoisotopic (exact) mass is 795 g/mol. The van der Waals surface area contributed by atoms with Crippen LogP contribution in [0.4, 0.5) is 0 Å². The van der Waals surface area contributed by atoms with E-state index in [2.05, 4.69) is 91.4 Å². The van der Waals surface area contributed by atoms with Gasteiger partial charge in [0.05, 0.1) is 16.6 Å². The molecule has 60 heavy (non-hydrogen) atoms. The van der Waals surface area contributed by atoms with Crippen LogP contribution in [0.3, 0.4) is 0 Å². The summed E-state index contributed by atoms with van der Waals surface area (Å²) in [5, 5.41) is 0. The molecule has 0 spiro atoms. The summed E-state index contributed by atoms with van der Waals surface area (Å²) < 4.78 is 20.1. The minimum atomic E-state index is -0.586. The Hall–Kier alpha value is -3.26. The smallest absolute Gasteiger partial charge is 0.445 e. The highest BCUT2D eigenvalue weighted by atomic mass is 16.7. The Balaban J connectivity index is 0.738. The topological polar surface area (TPSA) is 64.8 Å². The highest BCUT2D eigenvalue weighted by molar-refractivity contribution is 6.87. The summed E-state index contributed by atoms with van der Waals surface area (Å²) in [6.45, 7) is 0. The van der Waals surface area contributed by atoms with Crippen LogP contribution < -0.4 is 16.4 Å². The number of aliphatic imine (C=N–C) groups is 3. The van der Waals surface area contributed by atoms with Gasteiger partial charge in [0.25, 0.3) is 0 Å². The second-order valence-electron chi connectivity index (χ2n) is 22.6. The molecule has 13 fully saturated rings. The Morgan fingerprint density at radius 1 is 0.333 bits per heavy atom. The van der Waals surface area contributed by atoms with Crippen LogP contribution in [0.25, 0.3) is 0 Å². The van der Waals surface area contributed by atoms with E-state index < -0.39 is 21.4 Å². The van der Waals surface area contributed by atoms with Gasteiger partial charge in [0.15, 0.2) is 0 Å². The first-order valence-electron chi connectivity index (χ1n) is 24.3. The van der Waals surface area contributed by atoms with E-state index in [1.807, 2.05) is 0 Å². The lowest BCUT2D eigenvalue weighted by atomic mass is 9.53. The van der Waals surface area contributed by atoms with Crippen molar-refractivity contribution in [1.82, 2.24) is 0 Å². The van der Waals surface area contributed by atoms with Crippen LogP contribution in [0.5, 0.6) is 0 Å². The SMILES string of the molecule is C(=NC12CC3CC(CC(C3)C1)C2)c1ccc(B2OB(c3ccc(C=NC45CC6CC(CC(C6)C4)C5)cc3)OB(c3ccc(C=NC45CC6CC(CC(C6)C4)C5)cc3)O2)cc1. The van der Waals surface area contributed by atoms with Crippen LogP contribution >= 0.6 is 0 Å². The molecule has 0 amide bonds. The highest BCUT2D eigenvalue weighted by Crippen LogP contribution is 2.59. The Bertz CT molecular complexity index is 1830. The van der Waals surface area contributed by atoms with E-state index in [1.54, 1.807) is 0 Å². The summed E-state index contributed by atoms with van der Waals surface area (Å²) in [5.74, 6) is 8.05. The van der Waals surface area contributed by atoms with Gasteiger partial charge in [-0.3, -0.25) is 15.0 Å². The van der Waals surface area contributed by atoms with Gasteiger partial charge in [0.1, 0.15) is 0 Å². The average Bonchev–Trinajstić information content (AvgIpc) is 3.23. The predicted octanol–water partition coefficient (Wildman–Crippen LogP) is 8.40. The molecule has 12 aliphatic carbocycles. The van der Waals surface area contributed by atoms with Gasteiger partial charge in [-0.25, -0.2) is 0 Å². The van der Waals surface area contributed by atoms with Crippen molar-refractivity contribution < 1.29 is 13.7 Å². The fourth-order valence-electron chi connectivity index (χ4n) is 16.4. The van der Waals surface area contributed by atoms with E-state index in [9.17, 15) is 0 Å². The molecule has 6 nitrogen and oxygen atoms in total. The van der Waals surface area contributed by atoms with E-state index in [0.29, 0.717) is 0 Å². The van der Waals surface area contributed by atoms with Gasteiger partial charge in [-0.15, -0.1) is 0 Å². The number of nitrogens with zero attached hydrogens (tertiary/aromatic N) is 3. The minimum Gasteiger partial charge on any atom is -0.445 e. The zero-order valence-electron chi connectivity index (χ0n) is 35.4. The lowest BCUT2D eigenvalue weighted by molar-refractivity contribution is 0.00177. The maximum Gasteiger partial charge on any atom is 0.467 e. The average molecular weight is 795 g/mol. The van der Waals surface area contributed by atoms with Crippen molar-refractivity contribution in [2.24, 2.45) is 68.2 Å². The molecule has 1 aliphatic heterocycles. The van der Waals surface area contributed by atoms with Crippen molar-refractivity contribution in [2.75, 3.05) is 0 Å². The zero-order valence-corrected chi connectivity index (χ0v) is 35.4. The lowest BCUT2D eigenvalue weighted by Gasteiger charge is -2.55. The van der Waals surface area contributed by atoms with Gasteiger partial charge in [0, 0.05) is 18.6 Å². The summed E-state index contributed by atoms with van der Waals surface area (Å²) in [6, 6.07) is 26.0. The summed E-state index contributed by atoms with van der Waals surface area (Å²) in [4.78, 5) is 16.0. The summed E-state index contributed by atoms with van der Waals surface area (Å²) >= 11 is 0. The molecule has 3 aromatic carbocycles. The molecule has 12 bridgehead atoms. The van der Waals surface area contributed by atoms with Crippen molar-refractivity contribution in [3.05, 3.63) is 89.5 Å². The van der Waals surface area contributed by atoms with E-state index in [4.69, 9.17) is 28.7 Å². The number of hydrogen-bond acceptors (Lipinski definition) is 6. The third-order valence-corrected chi connectivity index (χ3v) is 17.8. The first-order chi connectivity index (χ1) is 29.3. The molecular formula is C51H60B3N3O3. The van der Waals surface area contributed by atoms with Crippen LogP contribution in [-0.2, 0) is 13.7 Å². The predicted molar refractivity (Wildman–Crippen MR) is 244 cm³/mol. The largest absolute Gasteiger partial charge is 0.467 e. The zero-order chi connectivity index (χ0) is 39.5. The molecule has 16 rings (SSSR count). The van der Waals surface area contributed by atoms with E-state index in [0.717, 1.165) is 86.3 Å². The Morgan fingerprint density at radius 3 is 0.733 bits per heavy atom. The third-order valence-electron chi connectivity index (χ3n) is 17.8. The first kappa shape index (κ1) is 37.3. The van der Waals surface area contributed by atoms with E-state index >= 15 is 0 Å². The fourth-order valence-corrected chi connectivity index (χ4v) is 16.4. The van der Waals surface area contributed by atoms with Crippen molar-refractivity contribution >= 4 is 56.4 Å². The second-order valence-corrected chi connectivity index (χ2v) is 22.6. The van der Waals surface area contributed by atoms with Crippen molar-refractivity contribution in [1.29, 1.82) is 0 Å². The summed E-state index contributed by atoms with van der Waals surface area (Å²) in [7, 11) is -1.76. The quantitative estimate of drug-likeness (QED) is 0.162. The Labute approximate surface area is 358 Å². The van der Waals surface area contributed by atoms with Crippen LogP contribution in [0.1, 0.15) is 132 Å². The van der Waals surface area contributed by atoms with Gasteiger partial charge in [0.2, 0.25) is 0 Å². The maximum atomic E-state index is 6.69. The molecule has 0 unspecified atom stereocenters. The second kappa shape index (κ2) is 14.4. The van der Waals surface area contributed by atoms with Crippen LogP contribution in [0.15, 0.2) is 87.8 Å². The Kier molecular flexibility index (Phi) is 8.95. The number of hydrogen-bond donors (Lipinski definition) is 0. The minimum absolute atomic E-state index is 0.174. The molecule has 3 aromatic rings. The molecule has 0 N–H and O–H groups in total. The first-order valence-corrected chi connectivity index (χ1v) is 24.3. The Morgan fingerprint density at radius 2 is 0.533 bits per heavy atom. The third kappa shape index (κ3) is 7.05. The van der Waals surface area contributed by atoms with Crippen LogP contribution in [-0.4, -0.2) is 56.6 Å². The molecule has 0 aromatic heterocycles. The van der Waals surface area contributed by atoms with Crippen molar-refractivity contribution in [3.8, 4) is 0 Å².